The number of hydrogen-bond acceptors (Lipinski definition) is 5. The Labute approximate surface area is 186 Å². The Morgan fingerprint density at radius 2 is 1.84 bits per heavy atom. The fourth-order valence-electron chi connectivity index (χ4n) is 4.57. The highest BCUT2D eigenvalue weighted by molar-refractivity contribution is 5.94. The Kier molecular flexibility index (Phi) is 7.91. The number of carbonyl (C=O) groups excluding carboxylic acids is 1. The summed E-state index contributed by atoms with van der Waals surface area (Å²) in [5.41, 5.74) is 2.15. The quantitative estimate of drug-likeness (QED) is 0.686. The first kappa shape index (κ1) is 21.8. The molecule has 0 unspecified atom stereocenters. The van der Waals surface area contributed by atoms with Crippen LogP contribution in [0.5, 0.6) is 0 Å². The van der Waals surface area contributed by atoms with Gasteiger partial charge in [0.25, 0.3) is 5.91 Å². The van der Waals surface area contributed by atoms with Crippen LogP contribution in [0.1, 0.15) is 35.2 Å². The Bertz CT molecular complexity index is 814. The number of likely N-dealkylation sites (tertiary alicyclic amines) is 1. The van der Waals surface area contributed by atoms with Crippen LogP contribution in [-0.2, 0) is 6.42 Å². The van der Waals surface area contributed by atoms with Crippen molar-refractivity contribution in [3.05, 3.63) is 59.8 Å². The predicted molar refractivity (Wildman–Crippen MR) is 126 cm³/mol. The van der Waals surface area contributed by atoms with Crippen molar-refractivity contribution in [2.45, 2.75) is 25.7 Å². The summed E-state index contributed by atoms with van der Waals surface area (Å²) in [7, 11) is 0. The third kappa shape index (κ3) is 6.52. The van der Waals surface area contributed by atoms with Gasteiger partial charge in [-0.25, -0.2) is 4.98 Å². The lowest BCUT2D eigenvalue weighted by Crippen LogP contribution is -2.44. The molecule has 6 nitrogen and oxygen atoms in total. The van der Waals surface area contributed by atoms with Gasteiger partial charge in [-0.05, 0) is 62.4 Å². The fraction of sp³-hybridized carbons (Fsp3) is 0.520. The van der Waals surface area contributed by atoms with Crippen LogP contribution in [0.15, 0.2) is 48.7 Å². The van der Waals surface area contributed by atoms with Gasteiger partial charge in [0.05, 0.1) is 0 Å². The molecule has 0 atom stereocenters. The number of piperazine rings is 1. The molecule has 4 rings (SSSR count). The average Bonchev–Trinajstić information content (AvgIpc) is 2.85. The highest BCUT2D eigenvalue weighted by Crippen LogP contribution is 2.22. The minimum absolute atomic E-state index is 0.00321. The van der Waals surface area contributed by atoms with Gasteiger partial charge in [-0.3, -0.25) is 4.79 Å². The second-order valence-corrected chi connectivity index (χ2v) is 8.70. The second-order valence-electron chi connectivity index (χ2n) is 8.70. The number of aromatic nitrogens is 1. The molecular formula is C25H35N5O. The van der Waals surface area contributed by atoms with E-state index in [1.165, 1.54) is 31.2 Å². The van der Waals surface area contributed by atoms with Crippen LogP contribution < -0.4 is 15.5 Å². The van der Waals surface area contributed by atoms with E-state index in [4.69, 9.17) is 0 Å². The van der Waals surface area contributed by atoms with Gasteiger partial charge in [-0.1, -0.05) is 30.3 Å². The zero-order valence-electron chi connectivity index (χ0n) is 18.4. The Morgan fingerprint density at radius 3 is 2.61 bits per heavy atom. The lowest BCUT2D eigenvalue weighted by atomic mass is 9.90. The zero-order chi connectivity index (χ0) is 21.3. The number of nitrogens with zero attached hydrogens (tertiary/aromatic N) is 3. The number of piperidine rings is 1. The highest BCUT2D eigenvalue weighted by Gasteiger charge is 2.19. The number of anilines is 1. The number of benzene rings is 1. The van der Waals surface area contributed by atoms with Gasteiger partial charge < -0.3 is 20.4 Å². The average molecular weight is 422 g/mol. The number of amides is 1. The Hall–Kier alpha value is -2.44. The van der Waals surface area contributed by atoms with E-state index >= 15 is 0 Å². The minimum atomic E-state index is -0.00321. The summed E-state index contributed by atoms with van der Waals surface area (Å²) >= 11 is 0. The molecule has 2 aliphatic rings. The molecule has 2 aliphatic heterocycles. The van der Waals surface area contributed by atoms with E-state index in [0.717, 1.165) is 57.5 Å². The molecule has 0 saturated carbocycles. The van der Waals surface area contributed by atoms with E-state index in [9.17, 15) is 4.79 Å². The van der Waals surface area contributed by atoms with E-state index in [1.54, 1.807) is 12.3 Å². The van der Waals surface area contributed by atoms with E-state index in [-0.39, 0.29) is 5.91 Å². The molecule has 2 aromatic rings. The van der Waals surface area contributed by atoms with E-state index < -0.39 is 0 Å². The van der Waals surface area contributed by atoms with Gasteiger partial charge in [0.15, 0.2) is 0 Å². The van der Waals surface area contributed by atoms with Gasteiger partial charge >= 0.3 is 0 Å². The summed E-state index contributed by atoms with van der Waals surface area (Å²) in [5, 5.41) is 6.44. The summed E-state index contributed by atoms with van der Waals surface area (Å²) < 4.78 is 0. The van der Waals surface area contributed by atoms with Crippen molar-refractivity contribution in [2.75, 3.05) is 57.3 Å². The minimum Gasteiger partial charge on any atom is -0.354 e. The standard InChI is InChI=1S/C25H35N5O/c31-25(23-8-11-27-24(20-23)30-18-12-26-13-19-30)28-14-17-29-15-9-22(10-16-29)7-6-21-4-2-1-3-5-21/h1-5,8,11,20,22,26H,6-7,9-10,12-19H2,(H,28,31). The first-order chi connectivity index (χ1) is 15.3. The first-order valence-electron chi connectivity index (χ1n) is 11.7. The second kappa shape index (κ2) is 11.3. The van der Waals surface area contributed by atoms with Gasteiger partial charge in [-0.2, -0.15) is 0 Å². The molecule has 3 heterocycles. The Morgan fingerprint density at radius 1 is 1.06 bits per heavy atom. The third-order valence-electron chi connectivity index (χ3n) is 6.55. The molecule has 2 fully saturated rings. The molecule has 1 aromatic carbocycles. The highest BCUT2D eigenvalue weighted by atomic mass is 16.1. The van der Waals surface area contributed by atoms with E-state index in [1.807, 2.05) is 6.07 Å². The number of hydrogen-bond donors (Lipinski definition) is 2. The van der Waals surface area contributed by atoms with Crippen LogP contribution in [-0.4, -0.2) is 68.1 Å². The largest absolute Gasteiger partial charge is 0.354 e. The molecule has 1 aromatic heterocycles. The normalized spacial score (nSPS) is 18.1. The van der Waals surface area contributed by atoms with Crippen LogP contribution in [0.25, 0.3) is 0 Å². The smallest absolute Gasteiger partial charge is 0.251 e. The van der Waals surface area contributed by atoms with Crippen molar-refractivity contribution in [3.8, 4) is 0 Å². The molecule has 6 heteroatoms. The number of carbonyl (C=O) groups is 1. The molecule has 0 aliphatic carbocycles. The van der Waals surface area contributed by atoms with Gasteiger partial charge in [-0.15, -0.1) is 0 Å². The van der Waals surface area contributed by atoms with Crippen LogP contribution in [0.2, 0.25) is 0 Å². The summed E-state index contributed by atoms with van der Waals surface area (Å²) in [6.07, 6.45) is 6.74. The molecule has 0 radical (unpaired) electrons. The van der Waals surface area contributed by atoms with Crippen molar-refractivity contribution in [1.29, 1.82) is 0 Å². The summed E-state index contributed by atoms with van der Waals surface area (Å²) in [6.45, 7) is 7.67. The maximum absolute atomic E-state index is 12.6. The van der Waals surface area contributed by atoms with Gasteiger partial charge in [0.1, 0.15) is 5.82 Å². The maximum atomic E-state index is 12.6. The third-order valence-corrected chi connectivity index (χ3v) is 6.55. The van der Waals surface area contributed by atoms with Crippen molar-refractivity contribution in [2.24, 2.45) is 5.92 Å². The number of rotatable bonds is 8. The molecule has 166 valence electrons. The zero-order valence-corrected chi connectivity index (χ0v) is 18.4. The SMILES string of the molecule is O=C(NCCN1CCC(CCc2ccccc2)CC1)c1ccnc(N2CCNCC2)c1. The van der Waals surface area contributed by atoms with Crippen LogP contribution in [0, 0.1) is 5.92 Å². The molecule has 0 bridgehead atoms. The Balaban J connectivity index is 1.15. The summed E-state index contributed by atoms with van der Waals surface area (Å²) in [6, 6.07) is 14.5. The molecule has 1 amide bonds. The molecular weight excluding hydrogens is 386 g/mol. The van der Waals surface area contributed by atoms with Crippen molar-refractivity contribution in [1.82, 2.24) is 20.5 Å². The summed E-state index contributed by atoms with van der Waals surface area (Å²) in [4.78, 5) is 21.8. The molecule has 0 spiro atoms. The molecule has 2 saturated heterocycles. The number of aryl methyl sites for hydroxylation is 1. The lowest BCUT2D eigenvalue weighted by molar-refractivity contribution is 0.0943. The number of nitrogens with one attached hydrogen (secondary N) is 2. The maximum Gasteiger partial charge on any atom is 0.251 e. The van der Waals surface area contributed by atoms with Gasteiger partial charge in [0.2, 0.25) is 0 Å². The predicted octanol–water partition coefficient (Wildman–Crippen LogP) is 2.57. The number of pyridine rings is 1. The van der Waals surface area contributed by atoms with Crippen LogP contribution in [0.3, 0.4) is 0 Å². The summed E-state index contributed by atoms with van der Waals surface area (Å²) in [5.74, 6) is 1.72. The van der Waals surface area contributed by atoms with Crippen LogP contribution >= 0.6 is 0 Å². The topological polar surface area (TPSA) is 60.5 Å². The van der Waals surface area contributed by atoms with E-state index in [0.29, 0.717) is 12.1 Å². The van der Waals surface area contributed by atoms with E-state index in [2.05, 4.69) is 55.7 Å². The van der Waals surface area contributed by atoms with Gasteiger partial charge in [0, 0.05) is 51.0 Å². The molecule has 31 heavy (non-hydrogen) atoms. The fourth-order valence-corrected chi connectivity index (χ4v) is 4.57. The first-order valence-corrected chi connectivity index (χ1v) is 11.7. The monoisotopic (exact) mass is 421 g/mol. The van der Waals surface area contributed by atoms with Crippen molar-refractivity contribution < 1.29 is 4.79 Å². The lowest BCUT2D eigenvalue weighted by Gasteiger charge is -2.32. The van der Waals surface area contributed by atoms with Crippen molar-refractivity contribution in [3.63, 3.8) is 0 Å². The van der Waals surface area contributed by atoms with Crippen LogP contribution in [0.4, 0.5) is 5.82 Å². The molecule has 2 N–H and O–H groups in total. The van der Waals surface area contributed by atoms with Crippen molar-refractivity contribution >= 4 is 11.7 Å².